The number of carbonyl (C=O) groups is 2. The lowest BCUT2D eigenvalue weighted by Gasteiger charge is -2.07. The number of thiazole rings is 1. The molecule has 0 spiro atoms. The fourth-order valence-corrected chi connectivity index (χ4v) is 2.52. The van der Waals surface area contributed by atoms with Gasteiger partial charge in [-0.2, -0.15) is 0 Å². The second kappa shape index (κ2) is 11.5. The summed E-state index contributed by atoms with van der Waals surface area (Å²) in [5, 5.41) is 11.0. The van der Waals surface area contributed by atoms with Crippen LogP contribution >= 0.6 is 36.2 Å². The Morgan fingerprint density at radius 1 is 1.16 bits per heavy atom. The van der Waals surface area contributed by atoms with Crippen molar-refractivity contribution in [3.8, 4) is 0 Å². The Bertz CT molecular complexity index is 680. The van der Waals surface area contributed by atoms with Gasteiger partial charge in [-0.3, -0.25) is 10.2 Å². The Hall–Kier alpha value is -2.07. The SMILES string of the molecule is CC(=O)Nc1nc(CNc2ccc(CNC(=O)NN)cc2)cs1.Cl.Cl. The highest BCUT2D eigenvalue weighted by atomic mass is 35.5. The number of nitrogens with one attached hydrogen (secondary N) is 4. The van der Waals surface area contributed by atoms with Crippen LogP contribution in [0.15, 0.2) is 29.6 Å². The van der Waals surface area contributed by atoms with Gasteiger partial charge in [0.1, 0.15) is 0 Å². The molecule has 25 heavy (non-hydrogen) atoms. The predicted octanol–water partition coefficient (Wildman–Crippen LogP) is 2.23. The molecule has 0 fully saturated rings. The highest BCUT2D eigenvalue weighted by Crippen LogP contribution is 2.17. The second-order valence-corrected chi connectivity index (χ2v) is 5.56. The maximum atomic E-state index is 11.0. The van der Waals surface area contributed by atoms with Crippen LogP contribution in [0.3, 0.4) is 0 Å². The van der Waals surface area contributed by atoms with Crippen LogP contribution in [-0.4, -0.2) is 16.9 Å². The summed E-state index contributed by atoms with van der Waals surface area (Å²) in [6.07, 6.45) is 0. The molecule has 1 aromatic carbocycles. The summed E-state index contributed by atoms with van der Waals surface area (Å²) in [6, 6.07) is 7.22. The Morgan fingerprint density at radius 3 is 2.44 bits per heavy atom. The van der Waals surface area contributed by atoms with Crippen molar-refractivity contribution in [2.24, 2.45) is 5.84 Å². The van der Waals surface area contributed by atoms with Crippen LogP contribution < -0.4 is 27.2 Å². The maximum absolute atomic E-state index is 11.0. The number of amides is 3. The lowest BCUT2D eigenvalue weighted by atomic mass is 10.2. The van der Waals surface area contributed by atoms with E-state index in [9.17, 15) is 9.59 Å². The molecule has 11 heteroatoms. The van der Waals surface area contributed by atoms with E-state index in [2.05, 4.69) is 20.9 Å². The highest BCUT2D eigenvalue weighted by Gasteiger charge is 2.03. The van der Waals surface area contributed by atoms with Gasteiger partial charge in [-0.25, -0.2) is 15.6 Å². The van der Waals surface area contributed by atoms with Gasteiger partial charge in [0.25, 0.3) is 0 Å². The number of hydrazine groups is 1. The van der Waals surface area contributed by atoms with Gasteiger partial charge in [-0.05, 0) is 17.7 Å². The minimum absolute atomic E-state index is 0. The first-order valence-electron chi connectivity index (χ1n) is 6.86. The van der Waals surface area contributed by atoms with E-state index in [1.54, 1.807) is 0 Å². The van der Waals surface area contributed by atoms with Crippen molar-refractivity contribution in [3.63, 3.8) is 0 Å². The van der Waals surface area contributed by atoms with Crippen LogP contribution in [0, 0.1) is 0 Å². The zero-order valence-electron chi connectivity index (χ0n) is 13.4. The average Bonchev–Trinajstić information content (AvgIpc) is 2.98. The molecular formula is C14H20Cl2N6O2S. The standard InChI is InChI=1S/C14H18N6O2S.2ClH/c1-9(21)18-14-19-12(8-23-14)7-16-11-4-2-10(3-5-11)6-17-13(22)20-15;;/h2-5,8,16H,6-7,15H2,1H3,(H2,17,20,22)(H,18,19,21);2*1H. The van der Waals surface area contributed by atoms with E-state index in [0.29, 0.717) is 18.2 Å². The van der Waals surface area contributed by atoms with Crippen molar-refractivity contribution in [1.82, 2.24) is 15.7 Å². The van der Waals surface area contributed by atoms with Crippen LogP contribution in [0.4, 0.5) is 15.6 Å². The van der Waals surface area contributed by atoms with Crippen molar-refractivity contribution >= 4 is 58.9 Å². The van der Waals surface area contributed by atoms with Crippen LogP contribution in [0.1, 0.15) is 18.2 Å². The van der Waals surface area contributed by atoms with Gasteiger partial charge in [0.2, 0.25) is 5.91 Å². The van der Waals surface area contributed by atoms with Crippen molar-refractivity contribution in [1.29, 1.82) is 0 Å². The molecule has 0 saturated heterocycles. The smallest absolute Gasteiger partial charge is 0.329 e. The summed E-state index contributed by atoms with van der Waals surface area (Å²) in [7, 11) is 0. The third kappa shape index (κ3) is 8.03. The molecule has 0 bridgehead atoms. The highest BCUT2D eigenvalue weighted by molar-refractivity contribution is 7.13. The molecule has 8 nitrogen and oxygen atoms in total. The van der Waals surface area contributed by atoms with E-state index in [1.807, 2.05) is 35.1 Å². The van der Waals surface area contributed by atoms with Crippen molar-refractivity contribution < 1.29 is 9.59 Å². The number of aromatic nitrogens is 1. The molecule has 0 radical (unpaired) electrons. The molecule has 3 amide bonds. The molecule has 0 aliphatic carbocycles. The normalized spacial score (nSPS) is 9.20. The maximum Gasteiger partial charge on any atom is 0.329 e. The summed E-state index contributed by atoms with van der Waals surface area (Å²) in [5.74, 6) is 4.85. The van der Waals surface area contributed by atoms with Gasteiger partial charge in [0, 0.05) is 24.5 Å². The van der Waals surface area contributed by atoms with E-state index in [4.69, 9.17) is 5.84 Å². The Labute approximate surface area is 161 Å². The summed E-state index contributed by atoms with van der Waals surface area (Å²) < 4.78 is 0. The van der Waals surface area contributed by atoms with Gasteiger partial charge < -0.3 is 16.0 Å². The molecule has 138 valence electrons. The summed E-state index contributed by atoms with van der Waals surface area (Å²) >= 11 is 1.39. The van der Waals surface area contributed by atoms with Crippen LogP contribution in [0.25, 0.3) is 0 Å². The zero-order chi connectivity index (χ0) is 16.7. The minimum Gasteiger partial charge on any atom is -0.379 e. The molecule has 0 unspecified atom stereocenters. The van der Waals surface area contributed by atoms with Crippen LogP contribution in [-0.2, 0) is 17.9 Å². The summed E-state index contributed by atoms with van der Waals surface area (Å²) in [6.45, 7) is 2.41. The fourth-order valence-electron chi connectivity index (χ4n) is 1.76. The lowest BCUT2D eigenvalue weighted by molar-refractivity contribution is -0.114. The summed E-state index contributed by atoms with van der Waals surface area (Å²) in [4.78, 5) is 26.2. The first-order valence-corrected chi connectivity index (χ1v) is 7.74. The van der Waals surface area contributed by atoms with Gasteiger partial charge >= 0.3 is 6.03 Å². The fraction of sp³-hybridized carbons (Fsp3) is 0.214. The molecule has 1 heterocycles. The van der Waals surface area contributed by atoms with Gasteiger partial charge in [-0.1, -0.05) is 12.1 Å². The first-order chi connectivity index (χ1) is 11.1. The topological polar surface area (TPSA) is 121 Å². The number of hydrogen-bond donors (Lipinski definition) is 5. The molecule has 0 aliphatic heterocycles. The number of urea groups is 1. The first kappa shape index (κ1) is 22.9. The van der Waals surface area contributed by atoms with Gasteiger partial charge in [0.05, 0.1) is 12.2 Å². The molecule has 0 atom stereocenters. The van der Waals surface area contributed by atoms with Gasteiger partial charge in [-0.15, -0.1) is 36.2 Å². The molecule has 0 saturated carbocycles. The average molecular weight is 407 g/mol. The number of anilines is 2. The Kier molecular flexibility index (Phi) is 10.5. The molecule has 0 aliphatic rings. The second-order valence-electron chi connectivity index (χ2n) is 4.70. The molecule has 1 aromatic heterocycles. The van der Waals surface area contributed by atoms with Crippen LogP contribution in [0.2, 0.25) is 0 Å². The predicted molar refractivity (Wildman–Crippen MR) is 104 cm³/mol. The van der Waals surface area contributed by atoms with E-state index in [1.165, 1.54) is 18.3 Å². The summed E-state index contributed by atoms with van der Waals surface area (Å²) in [5.41, 5.74) is 4.75. The lowest BCUT2D eigenvalue weighted by Crippen LogP contribution is -2.39. The third-order valence-electron chi connectivity index (χ3n) is 2.85. The Balaban J connectivity index is 0.00000288. The minimum atomic E-state index is -0.425. The monoisotopic (exact) mass is 406 g/mol. The van der Waals surface area contributed by atoms with E-state index < -0.39 is 6.03 Å². The van der Waals surface area contributed by atoms with E-state index in [-0.39, 0.29) is 30.7 Å². The molecule has 6 N–H and O–H groups in total. The molecule has 2 rings (SSSR count). The van der Waals surface area contributed by atoms with Crippen LogP contribution in [0.5, 0.6) is 0 Å². The third-order valence-corrected chi connectivity index (χ3v) is 3.65. The number of nitrogens with two attached hydrogens (primary N) is 1. The Morgan fingerprint density at radius 2 is 1.84 bits per heavy atom. The zero-order valence-corrected chi connectivity index (χ0v) is 15.8. The molecule has 2 aromatic rings. The van der Waals surface area contributed by atoms with Crippen molar-refractivity contribution in [3.05, 3.63) is 40.9 Å². The number of benzene rings is 1. The van der Waals surface area contributed by atoms with Crippen molar-refractivity contribution in [2.75, 3.05) is 10.6 Å². The van der Waals surface area contributed by atoms with Crippen molar-refractivity contribution in [2.45, 2.75) is 20.0 Å². The number of nitrogens with zero attached hydrogens (tertiary/aromatic N) is 1. The van der Waals surface area contributed by atoms with E-state index >= 15 is 0 Å². The van der Waals surface area contributed by atoms with E-state index in [0.717, 1.165) is 16.9 Å². The number of carbonyl (C=O) groups excluding carboxylic acids is 2. The van der Waals surface area contributed by atoms with Gasteiger partial charge in [0.15, 0.2) is 5.13 Å². The molecular weight excluding hydrogens is 387 g/mol. The quantitative estimate of drug-likeness (QED) is 0.286. The number of halogens is 2. The number of hydrogen-bond acceptors (Lipinski definition) is 6. The largest absolute Gasteiger partial charge is 0.379 e. The number of rotatable bonds is 6.